The summed E-state index contributed by atoms with van der Waals surface area (Å²) < 4.78 is 33.5. The lowest BCUT2D eigenvalue weighted by Crippen LogP contribution is -2.53. The van der Waals surface area contributed by atoms with Crippen molar-refractivity contribution in [2.75, 3.05) is 26.2 Å². The van der Waals surface area contributed by atoms with Crippen LogP contribution in [0.2, 0.25) is 0 Å². The van der Waals surface area contributed by atoms with Crippen molar-refractivity contribution < 1.29 is 23.1 Å². The van der Waals surface area contributed by atoms with Gasteiger partial charge in [0.15, 0.2) is 5.82 Å². The van der Waals surface area contributed by atoms with E-state index in [1.54, 1.807) is 36.8 Å². The number of aromatic nitrogens is 2. The molecule has 162 valence electrons. The summed E-state index contributed by atoms with van der Waals surface area (Å²) in [5.74, 6) is -1.39. The molecule has 0 bridgehead atoms. The summed E-state index contributed by atoms with van der Waals surface area (Å²) in [6, 6.07) is 2.97. The van der Waals surface area contributed by atoms with Gasteiger partial charge in [-0.3, -0.25) is 0 Å². The monoisotopic (exact) mass is 421 g/mol. The van der Waals surface area contributed by atoms with E-state index in [2.05, 4.69) is 10.4 Å². The van der Waals surface area contributed by atoms with Crippen LogP contribution < -0.4 is 5.32 Å². The zero-order chi connectivity index (χ0) is 21.9. The molecule has 0 aliphatic carbocycles. The SMILES string of the molecule is CC(C)(C)OC(=O)N1CCN(C(=O)NCc2cnn(-c3ccc(F)cc3F)c2)CC1. The molecular formula is C20H25F2N5O3. The normalized spacial score (nSPS) is 14.6. The minimum absolute atomic E-state index is 0.118. The predicted octanol–water partition coefficient (Wildman–Crippen LogP) is 2.91. The van der Waals surface area contributed by atoms with Gasteiger partial charge in [0, 0.05) is 50.6 Å². The Balaban J connectivity index is 1.49. The van der Waals surface area contributed by atoms with Crippen molar-refractivity contribution in [2.45, 2.75) is 32.9 Å². The maximum Gasteiger partial charge on any atom is 0.410 e. The summed E-state index contributed by atoms with van der Waals surface area (Å²) in [5.41, 5.74) is 0.221. The van der Waals surface area contributed by atoms with Gasteiger partial charge in [0.2, 0.25) is 0 Å². The molecule has 1 aliphatic rings. The number of hydrogen-bond donors (Lipinski definition) is 1. The van der Waals surface area contributed by atoms with Gasteiger partial charge in [-0.15, -0.1) is 0 Å². The van der Waals surface area contributed by atoms with Crippen molar-refractivity contribution in [1.29, 1.82) is 0 Å². The summed E-state index contributed by atoms with van der Waals surface area (Å²) in [5, 5.41) is 6.84. The molecular weight excluding hydrogens is 396 g/mol. The van der Waals surface area contributed by atoms with Crippen molar-refractivity contribution in [3.05, 3.63) is 47.8 Å². The van der Waals surface area contributed by atoms with Crippen molar-refractivity contribution in [3.8, 4) is 5.69 Å². The van der Waals surface area contributed by atoms with E-state index in [-0.39, 0.29) is 24.4 Å². The van der Waals surface area contributed by atoms with Crippen LogP contribution in [0, 0.1) is 11.6 Å². The maximum absolute atomic E-state index is 13.9. The maximum atomic E-state index is 13.9. The predicted molar refractivity (Wildman–Crippen MR) is 105 cm³/mol. The molecule has 8 nitrogen and oxygen atoms in total. The Bertz CT molecular complexity index is 917. The number of urea groups is 1. The second-order valence-electron chi connectivity index (χ2n) is 8.00. The third kappa shape index (κ3) is 5.46. The highest BCUT2D eigenvalue weighted by Crippen LogP contribution is 2.15. The van der Waals surface area contributed by atoms with E-state index in [1.807, 2.05) is 0 Å². The molecule has 1 fully saturated rings. The summed E-state index contributed by atoms with van der Waals surface area (Å²) in [6.45, 7) is 7.20. The Kier molecular flexibility index (Phi) is 6.23. The van der Waals surface area contributed by atoms with Gasteiger partial charge in [0.05, 0.1) is 6.20 Å². The molecule has 3 rings (SSSR count). The first-order chi connectivity index (χ1) is 14.1. The fourth-order valence-electron chi connectivity index (χ4n) is 2.96. The second kappa shape index (κ2) is 8.68. The van der Waals surface area contributed by atoms with Gasteiger partial charge in [0.25, 0.3) is 0 Å². The molecule has 2 heterocycles. The number of carbonyl (C=O) groups excluding carboxylic acids is 2. The highest BCUT2D eigenvalue weighted by Gasteiger charge is 2.27. The Hall–Kier alpha value is -3.17. The lowest BCUT2D eigenvalue weighted by Gasteiger charge is -2.35. The molecule has 2 aromatic rings. The van der Waals surface area contributed by atoms with Crippen LogP contribution in [-0.4, -0.2) is 63.5 Å². The number of ether oxygens (including phenoxy) is 1. The van der Waals surface area contributed by atoms with E-state index in [4.69, 9.17) is 4.74 Å². The zero-order valence-corrected chi connectivity index (χ0v) is 17.2. The molecule has 1 aromatic heterocycles. The van der Waals surface area contributed by atoms with Gasteiger partial charge in [-0.1, -0.05) is 0 Å². The fourth-order valence-corrected chi connectivity index (χ4v) is 2.96. The number of amides is 3. The molecule has 0 radical (unpaired) electrons. The Morgan fingerprint density at radius 1 is 1.13 bits per heavy atom. The van der Waals surface area contributed by atoms with E-state index in [1.165, 1.54) is 16.9 Å². The van der Waals surface area contributed by atoms with E-state index < -0.39 is 17.2 Å². The highest BCUT2D eigenvalue weighted by atomic mass is 19.1. The van der Waals surface area contributed by atoms with Gasteiger partial charge < -0.3 is 19.9 Å². The quantitative estimate of drug-likeness (QED) is 0.827. The molecule has 0 spiro atoms. The molecule has 0 saturated carbocycles. The Morgan fingerprint density at radius 2 is 1.80 bits per heavy atom. The minimum Gasteiger partial charge on any atom is -0.444 e. The number of hydrogen-bond acceptors (Lipinski definition) is 4. The van der Waals surface area contributed by atoms with Crippen LogP contribution in [-0.2, 0) is 11.3 Å². The lowest BCUT2D eigenvalue weighted by atomic mass is 10.2. The van der Waals surface area contributed by atoms with Crippen molar-refractivity contribution >= 4 is 12.1 Å². The molecule has 0 atom stereocenters. The molecule has 1 aromatic carbocycles. The van der Waals surface area contributed by atoms with Crippen LogP contribution in [0.5, 0.6) is 0 Å². The molecule has 1 N–H and O–H groups in total. The van der Waals surface area contributed by atoms with E-state index in [9.17, 15) is 18.4 Å². The number of halogens is 2. The highest BCUT2D eigenvalue weighted by molar-refractivity contribution is 5.75. The van der Waals surface area contributed by atoms with Crippen LogP contribution in [0.15, 0.2) is 30.6 Å². The van der Waals surface area contributed by atoms with Crippen LogP contribution >= 0.6 is 0 Å². The van der Waals surface area contributed by atoms with E-state index in [0.717, 1.165) is 12.1 Å². The first-order valence-corrected chi connectivity index (χ1v) is 9.62. The third-order valence-electron chi connectivity index (χ3n) is 4.45. The Labute approximate surface area is 173 Å². The summed E-state index contributed by atoms with van der Waals surface area (Å²) in [6.07, 6.45) is 2.68. The van der Waals surface area contributed by atoms with Crippen LogP contribution in [0.1, 0.15) is 26.3 Å². The zero-order valence-electron chi connectivity index (χ0n) is 17.2. The lowest BCUT2D eigenvalue weighted by molar-refractivity contribution is 0.0170. The van der Waals surface area contributed by atoms with Crippen molar-refractivity contribution in [2.24, 2.45) is 0 Å². The van der Waals surface area contributed by atoms with Gasteiger partial charge in [-0.25, -0.2) is 23.1 Å². The summed E-state index contributed by atoms with van der Waals surface area (Å²) in [7, 11) is 0. The minimum atomic E-state index is -0.725. The fraction of sp³-hybridized carbons (Fsp3) is 0.450. The van der Waals surface area contributed by atoms with Crippen molar-refractivity contribution in [1.82, 2.24) is 24.9 Å². The molecule has 0 unspecified atom stereocenters. The average Bonchev–Trinajstić information content (AvgIpc) is 3.13. The van der Waals surface area contributed by atoms with Gasteiger partial charge in [-0.2, -0.15) is 5.10 Å². The standard InChI is InChI=1S/C20H25F2N5O3/c1-20(2,3)30-19(29)26-8-6-25(7-9-26)18(28)23-11-14-12-24-27(13-14)17-5-4-15(21)10-16(17)22/h4-5,10,12-13H,6-9,11H2,1-3H3,(H,23,28). The van der Waals surface area contributed by atoms with E-state index in [0.29, 0.717) is 31.7 Å². The average molecular weight is 421 g/mol. The van der Waals surface area contributed by atoms with Crippen LogP contribution in [0.4, 0.5) is 18.4 Å². The third-order valence-corrected chi connectivity index (χ3v) is 4.45. The number of nitrogens with zero attached hydrogens (tertiary/aromatic N) is 4. The number of piperazine rings is 1. The largest absolute Gasteiger partial charge is 0.444 e. The van der Waals surface area contributed by atoms with Crippen molar-refractivity contribution in [3.63, 3.8) is 0 Å². The van der Waals surface area contributed by atoms with E-state index >= 15 is 0 Å². The number of rotatable bonds is 3. The molecule has 1 aliphatic heterocycles. The molecule has 1 saturated heterocycles. The number of nitrogens with one attached hydrogen (secondary N) is 1. The van der Waals surface area contributed by atoms with Gasteiger partial charge in [-0.05, 0) is 32.9 Å². The topological polar surface area (TPSA) is 79.7 Å². The number of benzene rings is 1. The van der Waals surface area contributed by atoms with Crippen LogP contribution in [0.25, 0.3) is 5.69 Å². The smallest absolute Gasteiger partial charge is 0.410 e. The molecule has 10 heteroatoms. The summed E-state index contributed by atoms with van der Waals surface area (Å²) in [4.78, 5) is 27.7. The first kappa shape index (κ1) is 21.5. The second-order valence-corrected chi connectivity index (χ2v) is 8.00. The number of carbonyl (C=O) groups is 2. The molecule has 3 amide bonds. The molecule has 30 heavy (non-hydrogen) atoms. The summed E-state index contributed by atoms with van der Waals surface area (Å²) >= 11 is 0. The first-order valence-electron chi connectivity index (χ1n) is 9.62. The van der Waals surface area contributed by atoms with Crippen LogP contribution in [0.3, 0.4) is 0 Å². The van der Waals surface area contributed by atoms with Gasteiger partial charge in [0.1, 0.15) is 17.1 Å². The van der Waals surface area contributed by atoms with Gasteiger partial charge >= 0.3 is 12.1 Å². The Morgan fingerprint density at radius 3 is 2.43 bits per heavy atom.